The van der Waals surface area contributed by atoms with E-state index >= 15 is 0 Å². The molecule has 0 bridgehead atoms. The first kappa shape index (κ1) is 22.7. The quantitative estimate of drug-likeness (QED) is 0.216. The lowest BCUT2D eigenvalue weighted by molar-refractivity contribution is -0.384. The Labute approximate surface area is 208 Å². The molecule has 0 N–H and O–H groups in total. The minimum atomic E-state index is -0.404. The molecular weight excluding hydrogens is 450 g/mol. The van der Waals surface area contributed by atoms with Gasteiger partial charge in [-0.05, 0) is 29.8 Å². The molecule has 0 aliphatic heterocycles. The predicted molar refractivity (Wildman–Crippen MR) is 140 cm³/mol. The summed E-state index contributed by atoms with van der Waals surface area (Å²) in [7, 11) is 0. The summed E-state index contributed by atoms with van der Waals surface area (Å²) in [6, 6.07) is 36.3. The number of non-ortho nitro benzene ring substituents is 1. The number of nitro groups is 1. The molecular formula is C29H23N5O2. The van der Waals surface area contributed by atoms with Gasteiger partial charge in [0.15, 0.2) is 5.49 Å². The number of rotatable bonds is 7. The lowest BCUT2D eigenvalue weighted by Gasteiger charge is -2.20. The molecule has 7 nitrogen and oxygen atoms in total. The van der Waals surface area contributed by atoms with Crippen LogP contribution >= 0.6 is 0 Å². The summed E-state index contributed by atoms with van der Waals surface area (Å²) in [6.07, 6.45) is 3.63. The highest BCUT2D eigenvalue weighted by atomic mass is 16.6. The van der Waals surface area contributed by atoms with Gasteiger partial charge in [-0.15, -0.1) is 0 Å². The molecule has 5 rings (SSSR count). The normalized spacial score (nSPS) is 11.3. The molecule has 5 aromatic rings. The van der Waals surface area contributed by atoms with Gasteiger partial charge in [0.2, 0.25) is 0 Å². The third-order valence-electron chi connectivity index (χ3n) is 5.68. The average molecular weight is 474 g/mol. The van der Waals surface area contributed by atoms with Crippen molar-refractivity contribution in [1.82, 2.24) is 9.55 Å². The van der Waals surface area contributed by atoms with Crippen LogP contribution in [0.1, 0.15) is 5.56 Å². The Morgan fingerprint density at radius 1 is 0.806 bits per heavy atom. The SMILES string of the molecule is O=[N+]([O-])c1ccc(-n2cc(-c3ccccc3)nc/c2=N/N(Cc2ccccc2)c2ccccc2)cc1. The summed E-state index contributed by atoms with van der Waals surface area (Å²) in [6.45, 7) is 0.561. The van der Waals surface area contributed by atoms with Crippen LogP contribution in [0.5, 0.6) is 0 Å². The smallest absolute Gasteiger partial charge is 0.269 e. The van der Waals surface area contributed by atoms with Crippen molar-refractivity contribution in [3.63, 3.8) is 0 Å². The van der Waals surface area contributed by atoms with Crippen LogP contribution in [0.3, 0.4) is 0 Å². The number of hydrogen-bond donors (Lipinski definition) is 0. The van der Waals surface area contributed by atoms with Crippen molar-refractivity contribution < 1.29 is 4.92 Å². The number of para-hydroxylation sites is 1. The molecule has 0 unspecified atom stereocenters. The Balaban J connectivity index is 1.66. The molecule has 0 aliphatic carbocycles. The molecule has 36 heavy (non-hydrogen) atoms. The maximum atomic E-state index is 11.2. The summed E-state index contributed by atoms with van der Waals surface area (Å²) >= 11 is 0. The van der Waals surface area contributed by atoms with E-state index in [-0.39, 0.29) is 5.69 Å². The second kappa shape index (κ2) is 10.5. The molecule has 0 amide bonds. The van der Waals surface area contributed by atoms with Crippen LogP contribution in [0.15, 0.2) is 133 Å². The van der Waals surface area contributed by atoms with Gasteiger partial charge < -0.3 is 0 Å². The molecule has 0 atom stereocenters. The maximum absolute atomic E-state index is 11.2. The van der Waals surface area contributed by atoms with E-state index in [1.54, 1.807) is 18.3 Å². The molecule has 1 aromatic heterocycles. The second-order valence-corrected chi connectivity index (χ2v) is 8.12. The molecule has 0 aliphatic rings. The monoisotopic (exact) mass is 473 g/mol. The molecule has 4 aromatic carbocycles. The van der Waals surface area contributed by atoms with Gasteiger partial charge in [0.25, 0.3) is 5.69 Å². The fourth-order valence-corrected chi connectivity index (χ4v) is 3.85. The topological polar surface area (TPSA) is 76.6 Å². The lowest BCUT2D eigenvalue weighted by Crippen LogP contribution is -2.27. The van der Waals surface area contributed by atoms with Crippen molar-refractivity contribution >= 4 is 11.4 Å². The lowest BCUT2D eigenvalue weighted by atomic mass is 10.1. The average Bonchev–Trinajstić information content (AvgIpc) is 2.94. The van der Waals surface area contributed by atoms with Crippen molar-refractivity contribution in [3.05, 3.63) is 149 Å². The van der Waals surface area contributed by atoms with Crippen molar-refractivity contribution in [2.45, 2.75) is 6.54 Å². The fraction of sp³-hybridized carbons (Fsp3) is 0.0345. The van der Waals surface area contributed by atoms with Crippen LogP contribution in [0.2, 0.25) is 0 Å². The van der Waals surface area contributed by atoms with Gasteiger partial charge in [0.1, 0.15) is 0 Å². The number of hydrogen-bond acceptors (Lipinski definition) is 5. The first-order valence-electron chi connectivity index (χ1n) is 11.5. The molecule has 0 fully saturated rings. The Bertz CT molecular complexity index is 1520. The summed E-state index contributed by atoms with van der Waals surface area (Å²) in [4.78, 5) is 15.5. The number of anilines is 1. The minimum absolute atomic E-state index is 0.0326. The molecule has 0 saturated heterocycles. The zero-order chi connectivity index (χ0) is 24.7. The fourth-order valence-electron chi connectivity index (χ4n) is 3.85. The Hall–Kier alpha value is -5.04. The Morgan fingerprint density at radius 3 is 2.06 bits per heavy atom. The van der Waals surface area contributed by atoms with Crippen LogP contribution in [-0.2, 0) is 6.54 Å². The number of benzene rings is 4. The molecule has 1 heterocycles. The third-order valence-corrected chi connectivity index (χ3v) is 5.68. The first-order chi connectivity index (χ1) is 17.7. The van der Waals surface area contributed by atoms with E-state index in [1.165, 1.54) is 12.1 Å². The van der Waals surface area contributed by atoms with Crippen LogP contribution < -0.4 is 10.5 Å². The third kappa shape index (κ3) is 5.20. The van der Waals surface area contributed by atoms with Crippen molar-refractivity contribution in [3.8, 4) is 16.9 Å². The standard InChI is InChI=1S/C29H23N5O2/c35-34(36)27-18-16-25(17-19-27)32-22-28(24-12-6-2-7-13-24)30-20-29(32)31-33(26-14-8-3-9-15-26)21-23-10-4-1-5-11-23/h1-20,22H,21H2/b31-29-. The van der Waals surface area contributed by atoms with E-state index in [9.17, 15) is 10.1 Å². The molecule has 176 valence electrons. The number of nitro benzene ring substituents is 1. The highest BCUT2D eigenvalue weighted by Gasteiger charge is 2.11. The van der Waals surface area contributed by atoms with Crippen LogP contribution in [0, 0.1) is 10.1 Å². The van der Waals surface area contributed by atoms with Gasteiger partial charge in [-0.1, -0.05) is 78.9 Å². The predicted octanol–water partition coefficient (Wildman–Crippen LogP) is 5.97. The number of aromatic nitrogens is 2. The summed E-state index contributed by atoms with van der Waals surface area (Å²) in [5.41, 5.74) is 5.14. The van der Waals surface area contributed by atoms with Gasteiger partial charge in [0, 0.05) is 29.6 Å². The molecule has 0 saturated carbocycles. The van der Waals surface area contributed by atoms with Crippen LogP contribution in [0.4, 0.5) is 11.4 Å². The summed E-state index contributed by atoms with van der Waals surface area (Å²) in [5, 5.41) is 18.1. The van der Waals surface area contributed by atoms with Crippen LogP contribution in [0.25, 0.3) is 16.9 Å². The molecule has 7 heteroatoms. The number of nitrogens with zero attached hydrogens (tertiary/aromatic N) is 5. The van der Waals surface area contributed by atoms with Gasteiger partial charge >= 0.3 is 0 Å². The Morgan fingerprint density at radius 2 is 1.42 bits per heavy atom. The van der Waals surface area contributed by atoms with E-state index in [0.29, 0.717) is 12.0 Å². The van der Waals surface area contributed by atoms with Gasteiger partial charge in [-0.25, -0.2) is 0 Å². The van der Waals surface area contributed by atoms with Crippen molar-refractivity contribution in [2.75, 3.05) is 5.01 Å². The van der Waals surface area contributed by atoms with Crippen LogP contribution in [-0.4, -0.2) is 14.5 Å². The molecule has 0 spiro atoms. The highest BCUT2D eigenvalue weighted by Crippen LogP contribution is 2.20. The van der Waals surface area contributed by atoms with Gasteiger partial charge in [-0.2, -0.15) is 5.10 Å². The minimum Gasteiger partial charge on any atom is -0.297 e. The zero-order valence-corrected chi connectivity index (χ0v) is 19.4. The van der Waals surface area contributed by atoms with Gasteiger partial charge in [0.05, 0.1) is 29.0 Å². The van der Waals surface area contributed by atoms with E-state index in [2.05, 4.69) is 17.1 Å². The van der Waals surface area contributed by atoms with Crippen molar-refractivity contribution in [1.29, 1.82) is 0 Å². The first-order valence-corrected chi connectivity index (χ1v) is 11.5. The summed E-state index contributed by atoms with van der Waals surface area (Å²) in [5.74, 6) is 0. The molecule has 0 radical (unpaired) electrons. The zero-order valence-electron chi connectivity index (χ0n) is 19.4. The second-order valence-electron chi connectivity index (χ2n) is 8.12. The van der Waals surface area contributed by atoms with E-state index in [4.69, 9.17) is 5.10 Å². The van der Waals surface area contributed by atoms with Gasteiger partial charge in [-0.3, -0.25) is 24.7 Å². The van der Waals surface area contributed by atoms with E-state index in [1.807, 2.05) is 94.6 Å². The van der Waals surface area contributed by atoms with E-state index < -0.39 is 4.92 Å². The van der Waals surface area contributed by atoms with E-state index in [0.717, 1.165) is 28.2 Å². The summed E-state index contributed by atoms with van der Waals surface area (Å²) < 4.78 is 1.90. The largest absolute Gasteiger partial charge is 0.297 e. The maximum Gasteiger partial charge on any atom is 0.269 e. The van der Waals surface area contributed by atoms with Crippen molar-refractivity contribution in [2.24, 2.45) is 5.10 Å². The highest BCUT2D eigenvalue weighted by molar-refractivity contribution is 5.58. The Kier molecular flexibility index (Phi) is 6.62.